The Bertz CT molecular complexity index is 895. The number of methoxy groups -OCH3 is 1. The summed E-state index contributed by atoms with van der Waals surface area (Å²) >= 11 is 0. The van der Waals surface area contributed by atoms with E-state index in [0.717, 1.165) is 55.7 Å². The summed E-state index contributed by atoms with van der Waals surface area (Å²) in [7, 11) is 1.65. The molecule has 1 amide bonds. The number of unbranched alkanes of at least 4 members (excludes halogenated alkanes) is 2. The summed E-state index contributed by atoms with van der Waals surface area (Å²) in [6, 6.07) is 13.6. The number of fused-ring (bicyclic) bond motifs is 1. The van der Waals surface area contributed by atoms with Crippen LogP contribution in [0.15, 0.2) is 42.5 Å². The van der Waals surface area contributed by atoms with Gasteiger partial charge in [0.25, 0.3) is 5.91 Å². The van der Waals surface area contributed by atoms with Crippen molar-refractivity contribution >= 4 is 11.6 Å². The number of ether oxygens (including phenoxy) is 3. The molecular weight excluding hydrogens is 392 g/mol. The number of anilines is 1. The highest BCUT2D eigenvalue weighted by Gasteiger charge is 2.35. The first kappa shape index (κ1) is 21.5. The molecule has 0 spiro atoms. The number of carbonyl (C=O) groups excluding carboxylic acids is 1. The number of hydrogen-bond donors (Lipinski definition) is 1. The van der Waals surface area contributed by atoms with Crippen LogP contribution in [0.3, 0.4) is 0 Å². The fraction of sp³-hybridized carbons (Fsp3) is 0.480. The SMILES string of the molecule is CCCCCOc1ccc(C2Nc3ccccc3C(=O)N2CC2CCCO2)cc1OC. The van der Waals surface area contributed by atoms with Gasteiger partial charge in [0.1, 0.15) is 6.17 Å². The number of hydrogen-bond acceptors (Lipinski definition) is 5. The average Bonchev–Trinajstić information content (AvgIpc) is 3.32. The molecule has 1 N–H and O–H groups in total. The molecular formula is C25H32N2O4. The Morgan fingerprint density at radius 3 is 2.81 bits per heavy atom. The second-order valence-corrected chi connectivity index (χ2v) is 8.15. The number of rotatable bonds is 9. The van der Waals surface area contributed by atoms with Gasteiger partial charge in [0.15, 0.2) is 11.5 Å². The van der Waals surface area contributed by atoms with E-state index in [-0.39, 0.29) is 18.2 Å². The van der Waals surface area contributed by atoms with Crippen molar-refractivity contribution in [3.63, 3.8) is 0 Å². The van der Waals surface area contributed by atoms with Gasteiger partial charge < -0.3 is 24.4 Å². The quantitative estimate of drug-likeness (QED) is 0.574. The molecule has 2 aromatic rings. The van der Waals surface area contributed by atoms with Crippen molar-refractivity contribution in [1.82, 2.24) is 4.90 Å². The lowest BCUT2D eigenvalue weighted by molar-refractivity contribution is 0.0426. The molecule has 6 nitrogen and oxygen atoms in total. The van der Waals surface area contributed by atoms with Gasteiger partial charge in [-0.15, -0.1) is 0 Å². The van der Waals surface area contributed by atoms with Crippen LogP contribution in [0.25, 0.3) is 0 Å². The zero-order chi connectivity index (χ0) is 21.6. The smallest absolute Gasteiger partial charge is 0.257 e. The maximum atomic E-state index is 13.4. The van der Waals surface area contributed by atoms with E-state index in [9.17, 15) is 4.79 Å². The number of benzene rings is 2. The van der Waals surface area contributed by atoms with Crippen molar-refractivity contribution in [1.29, 1.82) is 0 Å². The van der Waals surface area contributed by atoms with Crippen LogP contribution < -0.4 is 14.8 Å². The zero-order valence-electron chi connectivity index (χ0n) is 18.4. The fourth-order valence-corrected chi connectivity index (χ4v) is 4.26. The van der Waals surface area contributed by atoms with Crippen LogP contribution in [0, 0.1) is 0 Å². The first-order valence-electron chi connectivity index (χ1n) is 11.3. The van der Waals surface area contributed by atoms with Gasteiger partial charge in [0, 0.05) is 18.8 Å². The first-order chi connectivity index (χ1) is 15.2. The molecule has 2 aromatic carbocycles. The zero-order valence-corrected chi connectivity index (χ0v) is 18.4. The van der Waals surface area contributed by atoms with Gasteiger partial charge in [-0.05, 0) is 49.1 Å². The van der Waals surface area contributed by atoms with E-state index in [1.807, 2.05) is 47.4 Å². The maximum Gasteiger partial charge on any atom is 0.257 e. The molecule has 2 atom stereocenters. The van der Waals surface area contributed by atoms with Gasteiger partial charge in [0.05, 0.1) is 25.4 Å². The highest BCUT2D eigenvalue weighted by atomic mass is 16.5. The lowest BCUT2D eigenvalue weighted by Gasteiger charge is -2.39. The molecule has 1 fully saturated rings. The van der Waals surface area contributed by atoms with E-state index < -0.39 is 0 Å². The third-order valence-electron chi connectivity index (χ3n) is 5.96. The monoisotopic (exact) mass is 424 g/mol. The minimum absolute atomic E-state index is 0.0220. The van der Waals surface area contributed by atoms with E-state index in [2.05, 4.69) is 12.2 Å². The molecule has 2 aliphatic rings. The summed E-state index contributed by atoms with van der Waals surface area (Å²) in [6.45, 7) is 4.16. The van der Waals surface area contributed by atoms with Gasteiger partial charge in [0.2, 0.25) is 0 Å². The Kier molecular flexibility index (Phi) is 6.97. The number of amides is 1. The summed E-state index contributed by atoms with van der Waals surface area (Å²) in [4.78, 5) is 15.3. The van der Waals surface area contributed by atoms with Crippen LogP contribution in [0.1, 0.15) is 61.1 Å². The summed E-state index contributed by atoms with van der Waals surface area (Å²) in [5.41, 5.74) is 2.50. The summed E-state index contributed by atoms with van der Waals surface area (Å²) in [5, 5.41) is 3.55. The van der Waals surface area contributed by atoms with Gasteiger partial charge in [-0.3, -0.25) is 4.79 Å². The van der Waals surface area contributed by atoms with Gasteiger partial charge in [-0.25, -0.2) is 0 Å². The first-order valence-corrected chi connectivity index (χ1v) is 11.3. The Hall–Kier alpha value is -2.73. The van der Waals surface area contributed by atoms with Crippen molar-refractivity contribution in [3.05, 3.63) is 53.6 Å². The highest BCUT2D eigenvalue weighted by Crippen LogP contribution is 2.37. The van der Waals surface area contributed by atoms with Crippen LogP contribution in [0.2, 0.25) is 0 Å². The van der Waals surface area contributed by atoms with Crippen LogP contribution in [0.5, 0.6) is 11.5 Å². The number of para-hydroxylation sites is 1. The molecule has 6 heteroatoms. The molecule has 166 valence electrons. The molecule has 2 heterocycles. The van der Waals surface area contributed by atoms with Crippen molar-refractivity contribution in [2.45, 2.75) is 51.3 Å². The van der Waals surface area contributed by atoms with Crippen molar-refractivity contribution in [3.8, 4) is 11.5 Å². The predicted octanol–water partition coefficient (Wildman–Crippen LogP) is 5.01. The Labute approximate surface area is 184 Å². The molecule has 0 saturated carbocycles. The summed E-state index contributed by atoms with van der Waals surface area (Å²) in [6.07, 6.45) is 5.11. The average molecular weight is 425 g/mol. The molecule has 0 radical (unpaired) electrons. The third-order valence-corrected chi connectivity index (χ3v) is 5.96. The molecule has 31 heavy (non-hydrogen) atoms. The Morgan fingerprint density at radius 2 is 2.03 bits per heavy atom. The highest BCUT2D eigenvalue weighted by molar-refractivity contribution is 6.01. The number of nitrogens with one attached hydrogen (secondary N) is 1. The van der Waals surface area contributed by atoms with Crippen LogP contribution in [-0.4, -0.2) is 43.8 Å². The standard InChI is InChI=1S/C25H32N2O4/c1-3-4-7-14-31-22-13-12-18(16-23(22)29-2)24-26-21-11-6-5-10-20(21)25(28)27(24)17-19-9-8-15-30-19/h5-6,10-13,16,19,24,26H,3-4,7-9,14-15,17H2,1-2H3. The maximum absolute atomic E-state index is 13.4. The van der Waals surface area contributed by atoms with Crippen LogP contribution in [0.4, 0.5) is 5.69 Å². The normalized spacial score (nSPS) is 20.3. The Morgan fingerprint density at radius 1 is 1.16 bits per heavy atom. The minimum Gasteiger partial charge on any atom is -0.493 e. The predicted molar refractivity (Wildman–Crippen MR) is 121 cm³/mol. The number of nitrogens with zero attached hydrogens (tertiary/aromatic N) is 1. The lowest BCUT2D eigenvalue weighted by Crippen LogP contribution is -2.46. The van der Waals surface area contributed by atoms with Crippen LogP contribution in [-0.2, 0) is 4.74 Å². The second kappa shape index (κ2) is 10.1. The molecule has 0 bridgehead atoms. The molecule has 2 unspecified atom stereocenters. The second-order valence-electron chi connectivity index (χ2n) is 8.15. The molecule has 4 rings (SSSR count). The topological polar surface area (TPSA) is 60.0 Å². The molecule has 2 aliphatic heterocycles. The van der Waals surface area contributed by atoms with E-state index in [1.165, 1.54) is 0 Å². The van der Waals surface area contributed by atoms with Crippen molar-refractivity contribution in [2.24, 2.45) is 0 Å². The van der Waals surface area contributed by atoms with E-state index in [0.29, 0.717) is 24.5 Å². The number of carbonyl (C=O) groups is 1. The summed E-state index contributed by atoms with van der Waals surface area (Å²) in [5.74, 6) is 1.43. The molecule has 1 saturated heterocycles. The molecule has 0 aromatic heterocycles. The van der Waals surface area contributed by atoms with Crippen molar-refractivity contribution in [2.75, 3.05) is 32.2 Å². The Balaban J connectivity index is 1.60. The lowest BCUT2D eigenvalue weighted by atomic mass is 10.0. The van der Waals surface area contributed by atoms with Gasteiger partial charge >= 0.3 is 0 Å². The van der Waals surface area contributed by atoms with E-state index in [1.54, 1.807) is 7.11 Å². The van der Waals surface area contributed by atoms with E-state index in [4.69, 9.17) is 14.2 Å². The van der Waals surface area contributed by atoms with Gasteiger partial charge in [-0.2, -0.15) is 0 Å². The van der Waals surface area contributed by atoms with Crippen molar-refractivity contribution < 1.29 is 19.0 Å². The molecule has 0 aliphatic carbocycles. The van der Waals surface area contributed by atoms with E-state index >= 15 is 0 Å². The minimum atomic E-state index is -0.297. The largest absolute Gasteiger partial charge is 0.493 e. The summed E-state index contributed by atoms with van der Waals surface area (Å²) < 4.78 is 17.4. The fourth-order valence-electron chi connectivity index (χ4n) is 4.26. The van der Waals surface area contributed by atoms with Crippen LogP contribution >= 0.6 is 0 Å². The third kappa shape index (κ3) is 4.79. The van der Waals surface area contributed by atoms with Gasteiger partial charge in [-0.1, -0.05) is 38.0 Å².